The van der Waals surface area contributed by atoms with Crippen LogP contribution in [0.1, 0.15) is 24.0 Å². The molecule has 1 saturated heterocycles. The Bertz CT molecular complexity index is 574. The van der Waals surface area contributed by atoms with Gasteiger partial charge in [-0.2, -0.15) is 0 Å². The normalized spacial score (nSPS) is 17.1. The van der Waals surface area contributed by atoms with Crippen molar-refractivity contribution in [3.8, 4) is 5.75 Å². The van der Waals surface area contributed by atoms with Gasteiger partial charge in [-0.3, -0.25) is 0 Å². The molecule has 116 valence electrons. The molecule has 3 nitrogen and oxygen atoms in total. The maximum Gasteiger partial charge on any atom is 0.119 e. The van der Waals surface area contributed by atoms with E-state index < -0.39 is 0 Å². The monoisotopic (exact) mass is 296 g/mol. The van der Waals surface area contributed by atoms with Crippen LogP contribution in [0.5, 0.6) is 5.75 Å². The zero-order chi connectivity index (χ0) is 15.3. The highest BCUT2D eigenvalue weighted by atomic mass is 16.5. The van der Waals surface area contributed by atoms with E-state index in [1.807, 2.05) is 18.2 Å². The number of nitrogens with two attached hydrogens (primary N) is 1. The number of ether oxygens (including phenoxy) is 1. The molecule has 0 radical (unpaired) electrons. The molecule has 1 aliphatic heterocycles. The Morgan fingerprint density at radius 1 is 0.955 bits per heavy atom. The average molecular weight is 296 g/mol. The fourth-order valence-electron chi connectivity index (χ4n) is 3.16. The van der Waals surface area contributed by atoms with Crippen molar-refractivity contribution in [2.45, 2.75) is 24.9 Å². The van der Waals surface area contributed by atoms with E-state index in [9.17, 15) is 0 Å². The lowest BCUT2D eigenvalue weighted by Gasteiger charge is -2.37. The molecule has 1 fully saturated rings. The second-order valence-electron chi connectivity index (χ2n) is 6.03. The minimum Gasteiger partial charge on any atom is -0.489 e. The van der Waals surface area contributed by atoms with Crippen LogP contribution >= 0.6 is 0 Å². The lowest BCUT2D eigenvalue weighted by Crippen LogP contribution is -2.44. The molecule has 22 heavy (non-hydrogen) atoms. The number of benzene rings is 2. The molecule has 0 amide bonds. The number of hydrogen-bond donors (Lipinski definition) is 2. The third-order valence-electron chi connectivity index (χ3n) is 4.67. The van der Waals surface area contributed by atoms with Crippen molar-refractivity contribution in [1.82, 2.24) is 5.32 Å². The van der Waals surface area contributed by atoms with Crippen molar-refractivity contribution in [1.29, 1.82) is 0 Å². The maximum absolute atomic E-state index is 6.08. The summed E-state index contributed by atoms with van der Waals surface area (Å²) >= 11 is 0. The fraction of sp³-hybridized carbons (Fsp3) is 0.368. The Labute approximate surface area is 132 Å². The molecule has 2 aromatic carbocycles. The van der Waals surface area contributed by atoms with Gasteiger partial charge in [0.1, 0.15) is 12.4 Å². The Morgan fingerprint density at radius 3 is 2.27 bits per heavy atom. The standard InChI is InChI=1S/C19H24N2O/c20-15-19(10-12-21-13-11-19)17-6-8-18(9-7-17)22-14-16-4-2-1-3-5-16/h1-9,21H,10-15,20H2. The number of piperidine rings is 1. The minimum absolute atomic E-state index is 0.128. The van der Waals surface area contributed by atoms with Gasteiger partial charge in [0.25, 0.3) is 0 Å². The molecule has 0 aliphatic carbocycles. The molecule has 0 aromatic heterocycles. The summed E-state index contributed by atoms with van der Waals surface area (Å²) in [6, 6.07) is 18.7. The minimum atomic E-state index is 0.128. The second kappa shape index (κ2) is 6.95. The SMILES string of the molecule is NCC1(c2ccc(OCc3ccccc3)cc2)CCNCC1. The van der Waals surface area contributed by atoms with Crippen LogP contribution in [0.4, 0.5) is 0 Å². The first kappa shape index (κ1) is 15.1. The number of nitrogens with one attached hydrogen (secondary N) is 1. The van der Waals surface area contributed by atoms with Crippen molar-refractivity contribution in [2.75, 3.05) is 19.6 Å². The summed E-state index contributed by atoms with van der Waals surface area (Å²) in [6.45, 7) is 3.40. The quantitative estimate of drug-likeness (QED) is 0.892. The Hall–Kier alpha value is -1.84. The lowest BCUT2D eigenvalue weighted by molar-refractivity contribution is 0.302. The molecule has 3 heteroatoms. The molecule has 1 aliphatic rings. The molecule has 0 unspecified atom stereocenters. The topological polar surface area (TPSA) is 47.3 Å². The van der Waals surface area contributed by atoms with E-state index in [4.69, 9.17) is 10.5 Å². The summed E-state index contributed by atoms with van der Waals surface area (Å²) in [7, 11) is 0. The van der Waals surface area contributed by atoms with E-state index >= 15 is 0 Å². The number of hydrogen-bond acceptors (Lipinski definition) is 3. The zero-order valence-corrected chi connectivity index (χ0v) is 12.9. The van der Waals surface area contributed by atoms with Gasteiger partial charge in [0.2, 0.25) is 0 Å². The van der Waals surface area contributed by atoms with Crippen molar-refractivity contribution in [3.05, 3.63) is 65.7 Å². The zero-order valence-electron chi connectivity index (χ0n) is 12.9. The van der Waals surface area contributed by atoms with E-state index in [-0.39, 0.29) is 5.41 Å². The molecule has 2 aromatic rings. The predicted molar refractivity (Wildman–Crippen MR) is 90.1 cm³/mol. The molecule has 0 spiro atoms. The lowest BCUT2D eigenvalue weighted by atomic mass is 9.73. The van der Waals surface area contributed by atoms with Gasteiger partial charge in [0.15, 0.2) is 0 Å². The summed E-state index contributed by atoms with van der Waals surface area (Å²) in [5.41, 5.74) is 8.73. The predicted octanol–water partition coefficient (Wildman–Crippen LogP) is 2.85. The van der Waals surface area contributed by atoms with Gasteiger partial charge < -0.3 is 15.8 Å². The van der Waals surface area contributed by atoms with Crippen LogP contribution in [-0.4, -0.2) is 19.6 Å². The molecule has 1 heterocycles. The number of rotatable bonds is 5. The molecule has 3 N–H and O–H groups in total. The van der Waals surface area contributed by atoms with Gasteiger partial charge in [0.05, 0.1) is 0 Å². The molecular weight excluding hydrogens is 272 g/mol. The first-order valence-corrected chi connectivity index (χ1v) is 8.00. The van der Waals surface area contributed by atoms with Crippen LogP contribution in [0, 0.1) is 0 Å². The molecule has 0 atom stereocenters. The van der Waals surface area contributed by atoms with E-state index in [2.05, 4.69) is 41.7 Å². The van der Waals surface area contributed by atoms with Gasteiger partial charge in [-0.1, -0.05) is 42.5 Å². The van der Waals surface area contributed by atoms with E-state index in [1.165, 1.54) is 11.1 Å². The molecular formula is C19H24N2O. The van der Waals surface area contributed by atoms with Crippen LogP contribution < -0.4 is 15.8 Å². The van der Waals surface area contributed by atoms with E-state index in [0.717, 1.165) is 31.7 Å². The smallest absolute Gasteiger partial charge is 0.119 e. The fourth-order valence-corrected chi connectivity index (χ4v) is 3.16. The highest BCUT2D eigenvalue weighted by Gasteiger charge is 2.32. The summed E-state index contributed by atoms with van der Waals surface area (Å²) in [5.74, 6) is 0.911. The van der Waals surface area contributed by atoms with Crippen LogP contribution in [0.2, 0.25) is 0 Å². The second-order valence-corrected chi connectivity index (χ2v) is 6.03. The van der Waals surface area contributed by atoms with Crippen LogP contribution in [0.25, 0.3) is 0 Å². The summed E-state index contributed by atoms with van der Waals surface area (Å²) in [4.78, 5) is 0. The van der Waals surface area contributed by atoms with Crippen LogP contribution in [-0.2, 0) is 12.0 Å². The third kappa shape index (κ3) is 3.32. The Balaban J connectivity index is 1.67. The molecule has 0 bridgehead atoms. The third-order valence-corrected chi connectivity index (χ3v) is 4.67. The van der Waals surface area contributed by atoms with Gasteiger partial charge in [0, 0.05) is 12.0 Å². The first-order valence-electron chi connectivity index (χ1n) is 8.00. The van der Waals surface area contributed by atoms with Crippen molar-refractivity contribution >= 4 is 0 Å². The maximum atomic E-state index is 6.08. The summed E-state index contributed by atoms with van der Waals surface area (Å²) in [5, 5.41) is 3.41. The largest absolute Gasteiger partial charge is 0.489 e. The Morgan fingerprint density at radius 2 is 1.64 bits per heavy atom. The van der Waals surface area contributed by atoms with Crippen molar-refractivity contribution in [3.63, 3.8) is 0 Å². The van der Waals surface area contributed by atoms with E-state index in [1.54, 1.807) is 0 Å². The van der Waals surface area contributed by atoms with E-state index in [0.29, 0.717) is 13.2 Å². The van der Waals surface area contributed by atoms with Crippen LogP contribution in [0.3, 0.4) is 0 Å². The van der Waals surface area contributed by atoms with Gasteiger partial charge in [-0.15, -0.1) is 0 Å². The highest BCUT2D eigenvalue weighted by Crippen LogP contribution is 2.33. The molecule has 3 rings (SSSR count). The Kier molecular flexibility index (Phi) is 4.76. The van der Waals surface area contributed by atoms with Crippen molar-refractivity contribution < 1.29 is 4.74 Å². The average Bonchev–Trinajstić information content (AvgIpc) is 2.62. The summed E-state index contributed by atoms with van der Waals surface area (Å²) < 4.78 is 5.86. The van der Waals surface area contributed by atoms with Gasteiger partial charge >= 0.3 is 0 Å². The first-order chi connectivity index (χ1) is 10.8. The van der Waals surface area contributed by atoms with Gasteiger partial charge in [-0.05, 0) is 49.2 Å². The van der Waals surface area contributed by atoms with Crippen molar-refractivity contribution in [2.24, 2.45) is 5.73 Å². The van der Waals surface area contributed by atoms with Gasteiger partial charge in [-0.25, -0.2) is 0 Å². The molecule has 0 saturated carbocycles. The summed E-state index contributed by atoms with van der Waals surface area (Å²) in [6.07, 6.45) is 2.21. The highest BCUT2D eigenvalue weighted by molar-refractivity contribution is 5.33. The van der Waals surface area contributed by atoms with Crippen LogP contribution in [0.15, 0.2) is 54.6 Å².